The highest BCUT2D eigenvalue weighted by atomic mass is 16.2. The number of aromatic nitrogens is 2. The number of rotatable bonds is 3. The molecule has 0 radical (unpaired) electrons. The minimum atomic E-state index is 0.312. The Kier molecular flexibility index (Phi) is 3.59. The van der Waals surface area contributed by atoms with Crippen molar-refractivity contribution in [3.05, 3.63) is 18.7 Å². The first-order valence-corrected chi connectivity index (χ1v) is 6.06. The fourth-order valence-corrected chi connectivity index (χ4v) is 2.27. The lowest BCUT2D eigenvalue weighted by Gasteiger charge is -2.32. The fraction of sp³-hybridized carbons (Fsp3) is 0.667. The Hall–Kier alpha value is -1.32. The molecule has 1 aliphatic rings. The maximum Gasteiger partial charge on any atom is 0.222 e. The van der Waals surface area contributed by atoms with Crippen molar-refractivity contribution in [2.45, 2.75) is 38.6 Å². The minimum absolute atomic E-state index is 0.312. The van der Waals surface area contributed by atoms with E-state index in [1.54, 1.807) is 0 Å². The molecule has 0 saturated carbocycles. The van der Waals surface area contributed by atoms with Crippen molar-refractivity contribution in [2.75, 3.05) is 13.1 Å². The predicted octanol–water partition coefficient (Wildman–Crippen LogP) is 1.85. The van der Waals surface area contributed by atoms with Crippen LogP contribution in [-0.2, 0) is 4.79 Å². The molecule has 1 aliphatic heterocycles. The Balaban J connectivity index is 1.85. The Labute approximate surface area is 96.3 Å². The van der Waals surface area contributed by atoms with Crippen LogP contribution in [0.3, 0.4) is 0 Å². The zero-order chi connectivity index (χ0) is 11.4. The number of hydrogen-bond acceptors (Lipinski definition) is 2. The lowest BCUT2D eigenvalue weighted by Crippen LogP contribution is -2.38. The number of imidazole rings is 1. The van der Waals surface area contributed by atoms with Crippen LogP contribution in [0.2, 0.25) is 0 Å². The van der Waals surface area contributed by atoms with Gasteiger partial charge in [-0.05, 0) is 19.3 Å². The van der Waals surface area contributed by atoms with Crippen molar-refractivity contribution in [1.82, 2.24) is 14.5 Å². The SMILES string of the molecule is CCCC(=O)N1CCC(n2ccnc2)CC1. The summed E-state index contributed by atoms with van der Waals surface area (Å²) in [6.07, 6.45) is 9.42. The molecule has 0 atom stereocenters. The maximum atomic E-state index is 11.7. The number of likely N-dealkylation sites (tertiary alicyclic amines) is 1. The third-order valence-corrected chi connectivity index (χ3v) is 3.23. The molecule has 0 N–H and O–H groups in total. The first-order valence-electron chi connectivity index (χ1n) is 6.06. The Morgan fingerprint density at radius 2 is 2.19 bits per heavy atom. The molecule has 2 rings (SSSR count). The topological polar surface area (TPSA) is 38.1 Å². The highest BCUT2D eigenvalue weighted by Crippen LogP contribution is 2.22. The van der Waals surface area contributed by atoms with Crippen molar-refractivity contribution < 1.29 is 4.79 Å². The van der Waals surface area contributed by atoms with Crippen molar-refractivity contribution in [2.24, 2.45) is 0 Å². The van der Waals surface area contributed by atoms with Gasteiger partial charge in [0.2, 0.25) is 5.91 Å². The molecule has 1 amide bonds. The third-order valence-electron chi connectivity index (χ3n) is 3.23. The van der Waals surface area contributed by atoms with E-state index in [0.29, 0.717) is 18.4 Å². The number of carbonyl (C=O) groups is 1. The van der Waals surface area contributed by atoms with E-state index in [1.165, 1.54) is 0 Å². The summed E-state index contributed by atoms with van der Waals surface area (Å²) in [6, 6.07) is 0.521. The van der Waals surface area contributed by atoms with Gasteiger partial charge in [0.15, 0.2) is 0 Å². The van der Waals surface area contributed by atoms with Crippen LogP contribution in [0.15, 0.2) is 18.7 Å². The average molecular weight is 221 g/mol. The van der Waals surface area contributed by atoms with E-state index in [-0.39, 0.29) is 0 Å². The Bertz CT molecular complexity index is 326. The van der Waals surface area contributed by atoms with Gasteiger partial charge in [-0.2, -0.15) is 0 Å². The van der Waals surface area contributed by atoms with Crippen LogP contribution in [0, 0.1) is 0 Å². The van der Waals surface area contributed by atoms with Gasteiger partial charge < -0.3 is 9.47 Å². The van der Waals surface area contributed by atoms with Gasteiger partial charge in [0, 0.05) is 37.9 Å². The van der Waals surface area contributed by atoms with Gasteiger partial charge >= 0.3 is 0 Å². The quantitative estimate of drug-likeness (QED) is 0.781. The summed E-state index contributed by atoms with van der Waals surface area (Å²) in [4.78, 5) is 17.8. The molecule has 0 bridgehead atoms. The molecule has 4 nitrogen and oxygen atoms in total. The first kappa shape index (κ1) is 11.2. The summed E-state index contributed by atoms with van der Waals surface area (Å²) in [5, 5.41) is 0. The molecule has 1 fully saturated rings. The zero-order valence-corrected chi connectivity index (χ0v) is 9.80. The summed E-state index contributed by atoms with van der Waals surface area (Å²) in [7, 11) is 0. The van der Waals surface area contributed by atoms with Gasteiger partial charge in [-0.1, -0.05) is 6.92 Å². The minimum Gasteiger partial charge on any atom is -0.343 e. The van der Waals surface area contributed by atoms with Gasteiger partial charge in [0.25, 0.3) is 0 Å². The normalized spacial score (nSPS) is 17.7. The Morgan fingerprint density at radius 3 is 2.75 bits per heavy atom. The molecule has 1 aromatic heterocycles. The molecule has 0 unspecified atom stereocenters. The smallest absolute Gasteiger partial charge is 0.222 e. The van der Waals surface area contributed by atoms with E-state index >= 15 is 0 Å². The van der Waals surface area contributed by atoms with Crippen molar-refractivity contribution in [3.8, 4) is 0 Å². The van der Waals surface area contributed by atoms with E-state index < -0.39 is 0 Å². The molecule has 0 aliphatic carbocycles. The third kappa shape index (κ3) is 2.43. The molecule has 1 aromatic rings. The monoisotopic (exact) mass is 221 g/mol. The molecule has 0 aromatic carbocycles. The maximum absolute atomic E-state index is 11.7. The molecule has 16 heavy (non-hydrogen) atoms. The van der Waals surface area contributed by atoms with Crippen LogP contribution in [0.25, 0.3) is 0 Å². The van der Waals surface area contributed by atoms with E-state index in [9.17, 15) is 4.79 Å². The van der Waals surface area contributed by atoms with Crippen LogP contribution in [0.4, 0.5) is 0 Å². The molecule has 2 heterocycles. The van der Waals surface area contributed by atoms with Gasteiger partial charge in [-0.25, -0.2) is 4.98 Å². The van der Waals surface area contributed by atoms with Gasteiger partial charge in [-0.3, -0.25) is 4.79 Å². The zero-order valence-electron chi connectivity index (χ0n) is 9.80. The second-order valence-corrected chi connectivity index (χ2v) is 4.37. The Morgan fingerprint density at radius 1 is 1.44 bits per heavy atom. The second-order valence-electron chi connectivity index (χ2n) is 4.37. The van der Waals surface area contributed by atoms with Crippen LogP contribution in [0.5, 0.6) is 0 Å². The van der Waals surface area contributed by atoms with Crippen LogP contribution < -0.4 is 0 Å². The molecular formula is C12H19N3O. The number of piperidine rings is 1. The fourth-order valence-electron chi connectivity index (χ4n) is 2.27. The summed E-state index contributed by atoms with van der Waals surface area (Å²) < 4.78 is 2.15. The summed E-state index contributed by atoms with van der Waals surface area (Å²) in [5.41, 5.74) is 0. The van der Waals surface area contributed by atoms with Crippen molar-refractivity contribution in [3.63, 3.8) is 0 Å². The number of carbonyl (C=O) groups excluding carboxylic acids is 1. The van der Waals surface area contributed by atoms with E-state index in [2.05, 4.69) is 16.5 Å². The van der Waals surface area contributed by atoms with Crippen molar-refractivity contribution >= 4 is 5.91 Å². The van der Waals surface area contributed by atoms with Gasteiger partial charge in [0.05, 0.1) is 6.33 Å². The summed E-state index contributed by atoms with van der Waals surface area (Å²) >= 11 is 0. The summed E-state index contributed by atoms with van der Waals surface area (Å²) in [6.45, 7) is 3.83. The largest absolute Gasteiger partial charge is 0.343 e. The van der Waals surface area contributed by atoms with E-state index in [0.717, 1.165) is 32.4 Å². The first-order chi connectivity index (χ1) is 7.81. The number of hydrogen-bond donors (Lipinski definition) is 0. The molecule has 0 spiro atoms. The van der Waals surface area contributed by atoms with Crippen LogP contribution in [-0.4, -0.2) is 33.4 Å². The van der Waals surface area contributed by atoms with Crippen LogP contribution >= 0.6 is 0 Å². The highest BCUT2D eigenvalue weighted by molar-refractivity contribution is 5.76. The lowest BCUT2D eigenvalue weighted by molar-refractivity contribution is -0.132. The molecule has 1 saturated heterocycles. The molecule has 4 heteroatoms. The number of nitrogens with zero attached hydrogens (tertiary/aromatic N) is 3. The van der Waals surface area contributed by atoms with E-state index in [4.69, 9.17) is 0 Å². The van der Waals surface area contributed by atoms with Gasteiger partial charge in [-0.15, -0.1) is 0 Å². The standard InChI is InChI=1S/C12H19N3O/c1-2-3-12(16)14-7-4-11(5-8-14)15-9-6-13-10-15/h6,9-11H,2-5,7-8H2,1H3. The van der Waals surface area contributed by atoms with Crippen molar-refractivity contribution in [1.29, 1.82) is 0 Å². The van der Waals surface area contributed by atoms with E-state index in [1.807, 2.05) is 23.6 Å². The highest BCUT2D eigenvalue weighted by Gasteiger charge is 2.22. The molecular weight excluding hydrogens is 202 g/mol. The number of amides is 1. The van der Waals surface area contributed by atoms with Gasteiger partial charge in [0.1, 0.15) is 0 Å². The molecule has 88 valence electrons. The predicted molar refractivity (Wildman–Crippen MR) is 62.0 cm³/mol. The average Bonchev–Trinajstić information content (AvgIpc) is 2.83. The second kappa shape index (κ2) is 5.14. The lowest BCUT2D eigenvalue weighted by atomic mass is 10.0. The van der Waals surface area contributed by atoms with Crippen LogP contribution in [0.1, 0.15) is 38.6 Å². The summed E-state index contributed by atoms with van der Waals surface area (Å²) in [5.74, 6) is 0.312.